The molecule has 0 amide bonds. The molecule has 0 spiro atoms. The van der Waals surface area contributed by atoms with Crippen molar-refractivity contribution in [2.75, 3.05) is 5.32 Å². The molecule has 70 valence electrons. The summed E-state index contributed by atoms with van der Waals surface area (Å²) in [5, 5.41) is 3.06. The second-order valence-electron chi connectivity index (χ2n) is 2.96. The Morgan fingerprint density at radius 1 is 1.69 bits per heavy atom. The van der Waals surface area contributed by atoms with Crippen LogP contribution in [0.5, 0.6) is 0 Å². The van der Waals surface area contributed by atoms with Crippen LogP contribution in [-0.2, 0) is 11.2 Å². The van der Waals surface area contributed by atoms with Gasteiger partial charge in [-0.2, -0.15) is 0 Å². The molecule has 1 rings (SSSR count). The molecule has 1 atom stereocenters. The van der Waals surface area contributed by atoms with E-state index in [0.29, 0.717) is 0 Å². The number of carbonyl (C=O) groups is 1. The van der Waals surface area contributed by atoms with Crippen LogP contribution in [0.15, 0.2) is 18.3 Å². The number of aryl methyl sites for hydroxylation is 1. The largest absolute Gasteiger partial charge is 0.376 e. The molecule has 13 heavy (non-hydrogen) atoms. The van der Waals surface area contributed by atoms with E-state index in [1.807, 2.05) is 19.1 Å². The lowest BCUT2D eigenvalue weighted by molar-refractivity contribution is -0.108. The van der Waals surface area contributed by atoms with Crippen LogP contribution in [-0.4, -0.2) is 17.3 Å². The van der Waals surface area contributed by atoms with Crippen molar-refractivity contribution in [1.29, 1.82) is 0 Å². The van der Waals surface area contributed by atoms with Gasteiger partial charge in [-0.1, -0.05) is 6.92 Å². The highest BCUT2D eigenvalue weighted by atomic mass is 16.1. The number of hydrogen-bond donors (Lipinski definition) is 1. The SMILES string of the molecule is CCc1cc(N[C@@H](C)C=O)ccn1. The Labute approximate surface area is 78.2 Å². The molecule has 3 heteroatoms. The summed E-state index contributed by atoms with van der Waals surface area (Å²) in [4.78, 5) is 14.5. The summed E-state index contributed by atoms with van der Waals surface area (Å²) in [5.74, 6) is 0. The smallest absolute Gasteiger partial charge is 0.141 e. The van der Waals surface area contributed by atoms with Gasteiger partial charge in [-0.15, -0.1) is 0 Å². The molecular formula is C10H14N2O. The molecule has 1 aromatic heterocycles. The van der Waals surface area contributed by atoms with E-state index in [9.17, 15) is 4.79 Å². The Morgan fingerprint density at radius 3 is 3.08 bits per heavy atom. The average Bonchev–Trinajstić information content (AvgIpc) is 2.18. The van der Waals surface area contributed by atoms with Gasteiger partial charge >= 0.3 is 0 Å². The van der Waals surface area contributed by atoms with E-state index in [0.717, 1.165) is 24.1 Å². The zero-order valence-electron chi connectivity index (χ0n) is 7.95. The number of aldehydes is 1. The Morgan fingerprint density at radius 2 is 2.46 bits per heavy atom. The van der Waals surface area contributed by atoms with Gasteiger partial charge in [0.15, 0.2) is 0 Å². The maximum atomic E-state index is 10.4. The maximum Gasteiger partial charge on any atom is 0.141 e. The highest BCUT2D eigenvalue weighted by Crippen LogP contribution is 2.08. The van der Waals surface area contributed by atoms with Crippen molar-refractivity contribution in [2.45, 2.75) is 26.3 Å². The molecular weight excluding hydrogens is 164 g/mol. The van der Waals surface area contributed by atoms with E-state index in [1.54, 1.807) is 6.20 Å². The summed E-state index contributed by atoms with van der Waals surface area (Å²) >= 11 is 0. The van der Waals surface area contributed by atoms with Crippen LogP contribution in [0.2, 0.25) is 0 Å². The molecule has 0 aliphatic carbocycles. The zero-order chi connectivity index (χ0) is 9.68. The Bertz CT molecular complexity index is 286. The fourth-order valence-electron chi connectivity index (χ4n) is 1.06. The summed E-state index contributed by atoms with van der Waals surface area (Å²) < 4.78 is 0. The molecule has 0 bridgehead atoms. The highest BCUT2D eigenvalue weighted by Gasteiger charge is 1.99. The van der Waals surface area contributed by atoms with E-state index in [-0.39, 0.29) is 6.04 Å². The molecule has 1 aromatic rings. The molecule has 0 saturated heterocycles. The van der Waals surface area contributed by atoms with Gasteiger partial charge in [0.2, 0.25) is 0 Å². The van der Waals surface area contributed by atoms with E-state index in [2.05, 4.69) is 17.2 Å². The van der Waals surface area contributed by atoms with Gasteiger partial charge in [-0.25, -0.2) is 0 Å². The first-order valence-electron chi connectivity index (χ1n) is 4.43. The van der Waals surface area contributed by atoms with Gasteiger partial charge in [-0.3, -0.25) is 4.98 Å². The third-order valence-electron chi connectivity index (χ3n) is 1.78. The van der Waals surface area contributed by atoms with Crippen LogP contribution in [0.3, 0.4) is 0 Å². The molecule has 0 saturated carbocycles. The van der Waals surface area contributed by atoms with Gasteiger partial charge in [0.1, 0.15) is 6.29 Å². The summed E-state index contributed by atoms with van der Waals surface area (Å²) in [5.41, 5.74) is 1.98. The van der Waals surface area contributed by atoms with E-state index >= 15 is 0 Å². The maximum absolute atomic E-state index is 10.4. The predicted molar refractivity (Wildman–Crippen MR) is 52.8 cm³/mol. The molecule has 0 fully saturated rings. The standard InChI is InChI=1S/C10H14N2O/c1-3-9-6-10(4-5-11-9)12-8(2)7-13/h4-8H,3H2,1-2H3,(H,11,12)/t8-/m0/s1. The molecule has 0 radical (unpaired) electrons. The molecule has 3 nitrogen and oxygen atoms in total. The van der Waals surface area contributed by atoms with Gasteiger partial charge in [0, 0.05) is 17.6 Å². The van der Waals surface area contributed by atoms with Crippen molar-refractivity contribution in [3.05, 3.63) is 24.0 Å². The van der Waals surface area contributed by atoms with E-state index < -0.39 is 0 Å². The third-order valence-corrected chi connectivity index (χ3v) is 1.78. The van der Waals surface area contributed by atoms with Crippen LogP contribution in [0.25, 0.3) is 0 Å². The molecule has 1 heterocycles. The number of pyridine rings is 1. The molecule has 1 N–H and O–H groups in total. The van der Waals surface area contributed by atoms with Gasteiger partial charge in [0.05, 0.1) is 6.04 Å². The molecule has 0 unspecified atom stereocenters. The topological polar surface area (TPSA) is 42.0 Å². The third kappa shape index (κ3) is 2.86. The van der Waals surface area contributed by atoms with Crippen molar-refractivity contribution in [3.63, 3.8) is 0 Å². The fourth-order valence-corrected chi connectivity index (χ4v) is 1.06. The summed E-state index contributed by atoms with van der Waals surface area (Å²) in [6.07, 6.45) is 3.54. The lowest BCUT2D eigenvalue weighted by Crippen LogP contribution is -2.16. The van der Waals surface area contributed by atoms with Gasteiger partial charge in [0.25, 0.3) is 0 Å². The lowest BCUT2D eigenvalue weighted by atomic mass is 10.2. The second-order valence-corrected chi connectivity index (χ2v) is 2.96. The number of nitrogens with zero attached hydrogens (tertiary/aromatic N) is 1. The minimum absolute atomic E-state index is 0.146. The van der Waals surface area contributed by atoms with Crippen molar-refractivity contribution >= 4 is 12.0 Å². The highest BCUT2D eigenvalue weighted by molar-refractivity contribution is 5.63. The van der Waals surface area contributed by atoms with Crippen molar-refractivity contribution < 1.29 is 4.79 Å². The normalized spacial score (nSPS) is 12.2. The fraction of sp³-hybridized carbons (Fsp3) is 0.400. The van der Waals surface area contributed by atoms with Crippen molar-refractivity contribution in [1.82, 2.24) is 4.98 Å². The van der Waals surface area contributed by atoms with Crippen LogP contribution >= 0.6 is 0 Å². The van der Waals surface area contributed by atoms with Gasteiger partial charge < -0.3 is 10.1 Å². The Balaban J connectivity index is 2.71. The van der Waals surface area contributed by atoms with Gasteiger partial charge in [-0.05, 0) is 25.5 Å². The quantitative estimate of drug-likeness (QED) is 0.713. The number of nitrogens with one attached hydrogen (secondary N) is 1. The second kappa shape index (κ2) is 4.60. The number of rotatable bonds is 4. The van der Waals surface area contributed by atoms with Crippen LogP contribution in [0.4, 0.5) is 5.69 Å². The first-order chi connectivity index (χ1) is 6.26. The lowest BCUT2D eigenvalue weighted by Gasteiger charge is -2.08. The Kier molecular flexibility index (Phi) is 3.43. The average molecular weight is 178 g/mol. The molecule has 0 aromatic carbocycles. The number of carbonyl (C=O) groups excluding carboxylic acids is 1. The minimum Gasteiger partial charge on any atom is -0.376 e. The van der Waals surface area contributed by atoms with Crippen LogP contribution < -0.4 is 5.32 Å². The summed E-state index contributed by atoms with van der Waals surface area (Å²) in [6.45, 7) is 3.87. The van der Waals surface area contributed by atoms with E-state index in [4.69, 9.17) is 0 Å². The number of anilines is 1. The number of hydrogen-bond acceptors (Lipinski definition) is 3. The monoisotopic (exact) mass is 178 g/mol. The molecule has 0 aliphatic rings. The molecule has 0 aliphatic heterocycles. The van der Waals surface area contributed by atoms with Crippen LogP contribution in [0, 0.1) is 0 Å². The number of aromatic nitrogens is 1. The summed E-state index contributed by atoms with van der Waals surface area (Å²) in [7, 11) is 0. The van der Waals surface area contributed by atoms with Crippen LogP contribution in [0.1, 0.15) is 19.5 Å². The van der Waals surface area contributed by atoms with Crippen molar-refractivity contribution in [2.24, 2.45) is 0 Å². The first kappa shape index (κ1) is 9.71. The zero-order valence-corrected chi connectivity index (χ0v) is 7.95. The van der Waals surface area contributed by atoms with Crippen molar-refractivity contribution in [3.8, 4) is 0 Å². The summed E-state index contributed by atoms with van der Waals surface area (Å²) in [6, 6.07) is 3.67. The first-order valence-corrected chi connectivity index (χ1v) is 4.43. The minimum atomic E-state index is -0.146. The predicted octanol–water partition coefficient (Wildman–Crippen LogP) is 1.64. The van der Waals surface area contributed by atoms with E-state index in [1.165, 1.54) is 0 Å². The Hall–Kier alpha value is -1.38.